The third kappa shape index (κ3) is 2.39. The molecule has 0 bridgehead atoms. The largest absolute Gasteiger partial charge is 0.480 e. The van der Waals surface area contributed by atoms with Crippen LogP contribution in [0.3, 0.4) is 0 Å². The number of anilines is 1. The smallest absolute Gasteiger partial charge is 0.331 e. The van der Waals surface area contributed by atoms with E-state index in [0.29, 0.717) is 11.3 Å². The Morgan fingerprint density at radius 3 is 2.18 bits per heavy atom. The molecule has 1 aliphatic carbocycles. The minimum Gasteiger partial charge on any atom is -0.480 e. The van der Waals surface area contributed by atoms with Gasteiger partial charge in [0.05, 0.1) is 0 Å². The summed E-state index contributed by atoms with van der Waals surface area (Å²) in [5.41, 5.74) is 4.47. The summed E-state index contributed by atoms with van der Waals surface area (Å²) in [6.07, 6.45) is 2.31. The second-order valence-electron chi connectivity index (χ2n) is 5.19. The number of carboxylic acid groups (broad SMARTS) is 2. The van der Waals surface area contributed by atoms with Crippen molar-refractivity contribution in [1.82, 2.24) is 0 Å². The maximum Gasteiger partial charge on any atom is 0.331 e. The molecule has 0 saturated heterocycles. The number of hydrogen-bond donors (Lipinski definition) is 3. The number of carbonyl (C=O) groups excluding carboxylic acids is 1. The Bertz CT molecular complexity index is 715. The predicted octanol–water partition coefficient (Wildman–Crippen LogP) is 1.88. The molecule has 0 radical (unpaired) electrons. The molecule has 0 fully saturated rings. The lowest BCUT2D eigenvalue weighted by atomic mass is 9.68. The topological polar surface area (TPSA) is 118 Å². The van der Waals surface area contributed by atoms with Gasteiger partial charge in [0.2, 0.25) is 0 Å². The molecule has 0 amide bonds. The molecular formula is C16H15NO5. The highest BCUT2D eigenvalue weighted by molar-refractivity contribution is 6.15. The zero-order chi connectivity index (χ0) is 16.5. The minimum atomic E-state index is -1.90. The maximum atomic E-state index is 12.8. The summed E-state index contributed by atoms with van der Waals surface area (Å²) in [5, 5.41) is 18.7. The van der Waals surface area contributed by atoms with Crippen LogP contribution in [0.5, 0.6) is 0 Å². The Hall–Kier alpha value is -2.89. The number of nitrogens with two attached hydrogens (primary N) is 1. The van der Waals surface area contributed by atoms with Crippen LogP contribution in [-0.2, 0) is 9.59 Å². The highest BCUT2D eigenvalue weighted by Gasteiger charge is 2.50. The van der Waals surface area contributed by atoms with E-state index in [2.05, 4.69) is 0 Å². The van der Waals surface area contributed by atoms with E-state index < -0.39 is 23.1 Å². The van der Waals surface area contributed by atoms with Gasteiger partial charge in [-0.25, -0.2) is 4.79 Å². The molecule has 0 aromatic heterocycles. The number of aliphatic carboxylic acids is 2. The molecule has 1 atom stereocenters. The van der Waals surface area contributed by atoms with Crippen LogP contribution in [0.15, 0.2) is 47.6 Å². The van der Waals surface area contributed by atoms with Crippen LogP contribution >= 0.6 is 0 Å². The van der Waals surface area contributed by atoms with Crippen LogP contribution in [0.2, 0.25) is 0 Å². The monoisotopic (exact) mass is 301 g/mol. The summed E-state index contributed by atoms with van der Waals surface area (Å²) >= 11 is 0. The molecule has 1 aromatic rings. The van der Waals surface area contributed by atoms with Gasteiger partial charge in [0.1, 0.15) is 0 Å². The number of benzene rings is 1. The molecular weight excluding hydrogens is 286 g/mol. The molecule has 114 valence electrons. The lowest BCUT2D eigenvalue weighted by Gasteiger charge is -2.31. The van der Waals surface area contributed by atoms with E-state index >= 15 is 0 Å². The fourth-order valence-electron chi connectivity index (χ4n) is 2.48. The third-order valence-corrected chi connectivity index (χ3v) is 3.86. The summed E-state index contributed by atoms with van der Waals surface area (Å²) in [4.78, 5) is 35.8. The van der Waals surface area contributed by atoms with Crippen molar-refractivity contribution in [2.75, 3.05) is 5.73 Å². The summed E-state index contributed by atoms with van der Waals surface area (Å²) in [6, 6.07) is 5.88. The number of ketones is 1. The molecule has 0 heterocycles. The third-order valence-electron chi connectivity index (χ3n) is 3.86. The Labute approximate surface area is 126 Å². The second-order valence-corrected chi connectivity index (χ2v) is 5.19. The number of carbonyl (C=O) groups is 3. The molecule has 0 aliphatic heterocycles. The van der Waals surface area contributed by atoms with E-state index in [-0.39, 0.29) is 17.6 Å². The summed E-state index contributed by atoms with van der Waals surface area (Å²) in [6.45, 7) is 1.51. The number of carboxylic acids is 2. The molecule has 0 spiro atoms. The van der Waals surface area contributed by atoms with Crippen LogP contribution in [0.1, 0.15) is 23.7 Å². The van der Waals surface area contributed by atoms with Gasteiger partial charge in [-0.1, -0.05) is 12.2 Å². The predicted molar refractivity (Wildman–Crippen MR) is 79.3 cm³/mol. The second kappa shape index (κ2) is 5.48. The quantitative estimate of drug-likeness (QED) is 0.444. The molecule has 22 heavy (non-hydrogen) atoms. The first kappa shape index (κ1) is 15.5. The van der Waals surface area contributed by atoms with Gasteiger partial charge in [-0.2, -0.15) is 0 Å². The molecule has 4 N–H and O–H groups in total. The van der Waals surface area contributed by atoms with E-state index in [1.807, 2.05) is 0 Å². The normalized spacial score (nSPS) is 20.8. The highest BCUT2D eigenvalue weighted by atomic mass is 16.4. The molecule has 6 heteroatoms. The zero-order valence-corrected chi connectivity index (χ0v) is 11.9. The van der Waals surface area contributed by atoms with Crippen LogP contribution < -0.4 is 5.73 Å². The first-order chi connectivity index (χ1) is 10.3. The summed E-state index contributed by atoms with van der Waals surface area (Å²) in [5.74, 6) is -3.25. The molecule has 1 unspecified atom stereocenters. The molecule has 6 nitrogen and oxygen atoms in total. The van der Waals surface area contributed by atoms with Crippen LogP contribution in [0.25, 0.3) is 0 Å². The first-order valence-electron chi connectivity index (χ1n) is 6.54. The average Bonchev–Trinajstić information content (AvgIpc) is 2.47. The first-order valence-corrected chi connectivity index (χ1v) is 6.54. The van der Waals surface area contributed by atoms with Crippen molar-refractivity contribution in [2.45, 2.75) is 13.3 Å². The van der Waals surface area contributed by atoms with Crippen molar-refractivity contribution in [3.63, 3.8) is 0 Å². The van der Waals surface area contributed by atoms with Crippen molar-refractivity contribution >= 4 is 23.4 Å². The lowest BCUT2D eigenvalue weighted by Crippen LogP contribution is -2.42. The van der Waals surface area contributed by atoms with Crippen molar-refractivity contribution in [3.05, 3.63) is 53.1 Å². The zero-order valence-electron chi connectivity index (χ0n) is 11.9. The Morgan fingerprint density at radius 2 is 1.68 bits per heavy atom. The van der Waals surface area contributed by atoms with Crippen LogP contribution in [-0.4, -0.2) is 27.9 Å². The lowest BCUT2D eigenvalue weighted by molar-refractivity contribution is -0.144. The molecule has 1 aliphatic rings. The van der Waals surface area contributed by atoms with Gasteiger partial charge in [0.25, 0.3) is 0 Å². The van der Waals surface area contributed by atoms with E-state index in [4.69, 9.17) is 10.8 Å². The number of nitrogen functional groups attached to an aromatic ring is 1. The van der Waals surface area contributed by atoms with Crippen molar-refractivity contribution in [3.8, 4) is 0 Å². The van der Waals surface area contributed by atoms with E-state index in [0.717, 1.165) is 0 Å². The van der Waals surface area contributed by atoms with Crippen LogP contribution in [0, 0.1) is 5.41 Å². The van der Waals surface area contributed by atoms with Gasteiger partial charge in [-0.15, -0.1) is 0 Å². The van der Waals surface area contributed by atoms with E-state index in [9.17, 15) is 19.5 Å². The van der Waals surface area contributed by atoms with Gasteiger partial charge >= 0.3 is 11.9 Å². The fraction of sp³-hybridized carbons (Fsp3) is 0.188. The van der Waals surface area contributed by atoms with E-state index in [1.165, 1.54) is 43.3 Å². The standard InChI is InChI=1S/C16H15NO5/c1-9-2-3-11(14(19)20)8-16(9,15(21)22)13(18)10-4-6-12(17)7-5-10/h2-7H,8,17H2,1H3,(H,19,20)(H,21,22). The highest BCUT2D eigenvalue weighted by Crippen LogP contribution is 2.41. The van der Waals surface area contributed by atoms with Gasteiger partial charge < -0.3 is 15.9 Å². The van der Waals surface area contributed by atoms with Crippen molar-refractivity contribution < 1.29 is 24.6 Å². The number of Topliss-reactive ketones (excluding diaryl/α,β-unsaturated/α-hetero) is 1. The molecule has 2 rings (SSSR count). The van der Waals surface area contributed by atoms with Gasteiger partial charge in [0.15, 0.2) is 11.2 Å². The summed E-state index contributed by atoms with van der Waals surface area (Å²) < 4.78 is 0. The van der Waals surface area contributed by atoms with E-state index in [1.54, 1.807) is 0 Å². The SMILES string of the molecule is CC1=CC=C(C(=O)O)CC1(C(=O)O)C(=O)c1ccc(N)cc1. The average molecular weight is 301 g/mol. The Kier molecular flexibility index (Phi) is 3.86. The maximum absolute atomic E-state index is 12.8. The number of rotatable bonds is 4. The molecule has 1 aromatic carbocycles. The number of allylic oxidation sites excluding steroid dienone is 2. The minimum absolute atomic E-state index is 0.114. The van der Waals surface area contributed by atoms with Gasteiger partial charge in [0, 0.05) is 23.2 Å². The van der Waals surface area contributed by atoms with Crippen molar-refractivity contribution in [2.24, 2.45) is 5.41 Å². The fourth-order valence-corrected chi connectivity index (χ4v) is 2.48. The van der Waals surface area contributed by atoms with Gasteiger partial charge in [-0.05, 0) is 36.8 Å². The molecule has 0 saturated carbocycles. The van der Waals surface area contributed by atoms with Crippen LogP contribution in [0.4, 0.5) is 5.69 Å². The van der Waals surface area contributed by atoms with Crippen molar-refractivity contribution in [1.29, 1.82) is 0 Å². The van der Waals surface area contributed by atoms with Gasteiger partial charge in [-0.3, -0.25) is 9.59 Å². The number of hydrogen-bond acceptors (Lipinski definition) is 4. The Balaban J connectivity index is 2.54. The summed E-state index contributed by atoms with van der Waals surface area (Å²) in [7, 11) is 0. The Morgan fingerprint density at radius 1 is 1.09 bits per heavy atom.